The van der Waals surface area contributed by atoms with Crippen LogP contribution in [0.5, 0.6) is 5.75 Å². The molecule has 0 atom stereocenters. The highest BCUT2D eigenvalue weighted by Gasteiger charge is 2.48. The number of Topliss-reactive ketones (excluding diaryl/α,β-unsaturated/α-hetero) is 1. The van der Waals surface area contributed by atoms with Crippen molar-refractivity contribution in [3.63, 3.8) is 0 Å². The zero-order valence-corrected chi connectivity index (χ0v) is 11.3. The van der Waals surface area contributed by atoms with E-state index in [1.165, 1.54) is 6.92 Å². The molecule has 4 nitrogen and oxygen atoms in total. The zero-order valence-electron chi connectivity index (χ0n) is 9.71. The lowest BCUT2D eigenvalue weighted by Gasteiger charge is -2.13. The van der Waals surface area contributed by atoms with Gasteiger partial charge >= 0.3 is 15.6 Å². The van der Waals surface area contributed by atoms with Gasteiger partial charge in [-0.25, -0.2) is 0 Å². The van der Waals surface area contributed by atoms with Crippen molar-refractivity contribution in [2.24, 2.45) is 0 Å². The van der Waals surface area contributed by atoms with E-state index in [-0.39, 0.29) is 16.1 Å². The lowest BCUT2D eigenvalue weighted by molar-refractivity contribution is -0.0500. The molecule has 0 spiro atoms. The molecule has 1 rings (SSSR count). The van der Waals surface area contributed by atoms with E-state index in [4.69, 9.17) is 11.6 Å². The molecule has 106 valence electrons. The van der Waals surface area contributed by atoms with Crippen LogP contribution in [0.2, 0.25) is 5.02 Å². The minimum atomic E-state index is -5.83. The highest BCUT2D eigenvalue weighted by Crippen LogP contribution is 2.32. The van der Waals surface area contributed by atoms with Crippen LogP contribution in [0.3, 0.4) is 0 Å². The maximum Gasteiger partial charge on any atom is 0.534 e. The summed E-state index contributed by atoms with van der Waals surface area (Å²) in [4.78, 5) is 11.3. The van der Waals surface area contributed by atoms with Crippen LogP contribution in [0.25, 0.3) is 0 Å². The molecule has 1 aromatic rings. The Morgan fingerprint density at radius 3 is 2.26 bits per heavy atom. The molecule has 0 heterocycles. The van der Waals surface area contributed by atoms with Gasteiger partial charge in [-0.2, -0.15) is 21.6 Å². The number of halogens is 4. The highest BCUT2D eigenvalue weighted by atomic mass is 35.5. The number of carbonyl (C=O) groups is 1. The summed E-state index contributed by atoms with van der Waals surface area (Å²) in [6.07, 6.45) is 0. The second kappa shape index (κ2) is 5.01. The topological polar surface area (TPSA) is 60.4 Å². The molecule has 0 bridgehead atoms. The molecule has 9 heteroatoms. The Kier molecular flexibility index (Phi) is 4.16. The van der Waals surface area contributed by atoms with Gasteiger partial charge in [-0.3, -0.25) is 4.79 Å². The summed E-state index contributed by atoms with van der Waals surface area (Å²) in [5.41, 5.74) is -5.64. The van der Waals surface area contributed by atoms with E-state index < -0.39 is 27.2 Å². The SMILES string of the molecule is CC(=O)c1cc(Cl)c(C)cc1OS(=O)(=O)C(F)(F)F. The summed E-state index contributed by atoms with van der Waals surface area (Å²) in [6, 6.07) is 2.02. The standard InChI is InChI=1S/C10H8ClF3O4S/c1-5-3-9(7(6(2)15)4-8(5)11)18-19(16,17)10(12,13)14/h3-4H,1-2H3. The molecule has 0 aliphatic carbocycles. The largest absolute Gasteiger partial charge is 0.534 e. The number of aryl methyl sites for hydroxylation is 1. The second-order valence-corrected chi connectivity index (χ2v) is 5.58. The van der Waals surface area contributed by atoms with Crippen LogP contribution in [-0.2, 0) is 10.1 Å². The fourth-order valence-electron chi connectivity index (χ4n) is 1.16. The van der Waals surface area contributed by atoms with Gasteiger partial charge in [-0.05, 0) is 31.5 Å². The Bertz CT molecular complexity index is 622. The number of hydrogen-bond donors (Lipinski definition) is 0. The van der Waals surface area contributed by atoms with Crippen molar-refractivity contribution in [1.82, 2.24) is 0 Å². The van der Waals surface area contributed by atoms with E-state index in [0.717, 1.165) is 19.1 Å². The van der Waals surface area contributed by atoms with Gasteiger partial charge in [0, 0.05) is 5.02 Å². The van der Waals surface area contributed by atoms with Crippen molar-refractivity contribution >= 4 is 27.5 Å². The van der Waals surface area contributed by atoms with Gasteiger partial charge in [0.2, 0.25) is 0 Å². The smallest absolute Gasteiger partial charge is 0.375 e. The number of alkyl halides is 3. The molecule has 0 aliphatic rings. The maximum absolute atomic E-state index is 12.2. The number of rotatable bonds is 3. The molecule has 0 fully saturated rings. The lowest BCUT2D eigenvalue weighted by atomic mass is 10.1. The van der Waals surface area contributed by atoms with Gasteiger partial charge in [-0.15, -0.1) is 0 Å². The quantitative estimate of drug-likeness (QED) is 0.488. The molecule has 0 saturated heterocycles. The van der Waals surface area contributed by atoms with Crippen molar-refractivity contribution in [3.8, 4) is 5.75 Å². The second-order valence-electron chi connectivity index (χ2n) is 3.64. The molecular formula is C10H8ClF3O4S. The van der Waals surface area contributed by atoms with E-state index in [2.05, 4.69) is 4.18 Å². The molecule has 0 unspecified atom stereocenters. The third-order valence-corrected chi connectivity index (χ3v) is 3.50. The van der Waals surface area contributed by atoms with Gasteiger partial charge in [-0.1, -0.05) is 11.6 Å². The fraction of sp³-hybridized carbons (Fsp3) is 0.300. The molecule has 19 heavy (non-hydrogen) atoms. The fourth-order valence-corrected chi connectivity index (χ4v) is 1.80. The molecule has 1 aromatic carbocycles. The van der Waals surface area contributed by atoms with Crippen LogP contribution in [0.4, 0.5) is 13.2 Å². The van der Waals surface area contributed by atoms with Crippen LogP contribution >= 0.6 is 11.6 Å². The first-order valence-corrected chi connectivity index (χ1v) is 6.56. The van der Waals surface area contributed by atoms with E-state index in [1.807, 2.05) is 0 Å². The van der Waals surface area contributed by atoms with E-state index in [9.17, 15) is 26.4 Å². The first-order valence-electron chi connectivity index (χ1n) is 4.77. The van der Waals surface area contributed by atoms with Crippen LogP contribution < -0.4 is 4.18 Å². The van der Waals surface area contributed by atoms with Crippen molar-refractivity contribution < 1.29 is 30.6 Å². The molecule has 0 radical (unpaired) electrons. The molecule has 0 N–H and O–H groups in total. The minimum Gasteiger partial charge on any atom is -0.375 e. The van der Waals surface area contributed by atoms with Gasteiger partial charge < -0.3 is 4.18 Å². The summed E-state index contributed by atoms with van der Waals surface area (Å²) < 4.78 is 62.4. The number of carbonyl (C=O) groups excluding carboxylic acids is 1. The predicted molar refractivity (Wildman–Crippen MR) is 61.8 cm³/mol. The molecule has 0 amide bonds. The average molecular weight is 317 g/mol. The van der Waals surface area contributed by atoms with E-state index in [1.54, 1.807) is 0 Å². The summed E-state index contributed by atoms with van der Waals surface area (Å²) >= 11 is 5.71. The highest BCUT2D eigenvalue weighted by molar-refractivity contribution is 7.88. The summed E-state index contributed by atoms with van der Waals surface area (Å²) in [6.45, 7) is 2.48. The van der Waals surface area contributed by atoms with Crippen molar-refractivity contribution in [3.05, 3.63) is 28.3 Å². The zero-order chi connectivity index (χ0) is 15.0. The molecule has 0 saturated carbocycles. The maximum atomic E-state index is 12.2. The van der Waals surface area contributed by atoms with E-state index >= 15 is 0 Å². The lowest BCUT2D eigenvalue weighted by Crippen LogP contribution is -2.28. The third kappa shape index (κ3) is 3.38. The summed E-state index contributed by atoms with van der Waals surface area (Å²) in [5, 5.41) is 0.113. The van der Waals surface area contributed by atoms with Crippen LogP contribution in [0.1, 0.15) is 22.8 Å². The molecule has 0 aliphatic heterocycles. The number of benzene rings is 1. The van der Waals surface area contributed by atoms with E-state index in [0.29, 0.717) is 0 Å². The Balaban J connectivity index is 3.37. The normalized spacial score (nSPS) is 12.3. The first-order chi connectivity index (χ1) is 8.45. The van der Waals surface area contributed by atoms with Crippen molar-refractivity contribution in [1.29, 1.82) is 0 Å². The predicted octanol–water partition coefficient (Wildman–Crippen LogP) is 3.08. The van der Waals surface area contributed by atoms with Crippen LogP contribution in [-0.4, -0.2) is 19.7 Å². The summed E-state index contributed by atoms with van der Waals surface area (Å²) in [7, 11) is -5.83. The molecular weight excluding hydrogens is 309 g/mol. The van der Waals surface area contributed by atoms with Crippen molar-refractivity contribution in [2.45, 2.75) is 19.4 Å². The average Bonchev–Trinajstić information content (AvgIpc) is 2.20. The number of ketones is 1. The monoisotopic (exact) mass is 316 g/mol. The Morgan fingerprint density at radius 1 is 1.32 bits per heavy atom. The van der Waals surface area contributed by atoms with Gasteiger partial charge in [0.1, 0.15) is 0 Å². The van der Waals surface area contributed by atoms with Crippen LogP contribution in [0, 0.1) is 6.92 Å². The third-order valence-electron chi connectivity index (χ3n) is 2.12. The van der Waals surface area contributed by atoms with Gasteiger partial charge in [0.25, 0.3) is 0 Å². The Morgan fingerprint density at radius 2 is 1.84 bits per heavy atom. The van der Waals surface area contributed by atoms with Gasteiger partial charge in [0.15, 0.2) is 11.5 Å². The first kappa shape index (κ1) is 15.8. The Hall–Kier alpha value is -1.28. The Labute approximate surface area is 112 Å². The number of hydrogen-bond acceptors (Lipinski definition) is 4. The van der Waals surface area contributed by atoms with Crippen LogP contribution in [0.15, 0.2) is 12.1 Å². The minimum absolute atomic E-state index is 0.113. The molecule has 0 aromatic heterocycles. The summed E-state index contributed by atoms with van der Waals surface area (Å²) in [5.74, 6) is -1.37. The van der Waals surface area contributed by atoms with Crippen molar-refractivity contribution in [2.75, 3.05) is 0 Å². The van der Waals surface area contributed by atoms with Gasteiger partial charge in [0.05, 0.1) is 5.56 Å².